The summed E-state index contributed by atoms with van der Waals surface area (Å²) in [5.41, 5.74) is 1.96. The Labute approximate surface area is 144 Å². The molecular formula is C19H17N3O3. The molecule has 1 atom stereocenters. The summed E-state index contributed by atoms with van der Waals surface area (Å²) in [4.78, 5) is 19.8. The zero-order valence-corrected chi connectivity index (χ0v) is 13.4. The van der Waals surface area contributed by atoms with Crippen LogP contribution in [-0.4, -0.2) is 28.6 Å². The van der Waals surface area contributed by atoms with Gasteiger partial charge in [-0.15, -0.1) is 0 Å². The molecular weight excluding hydrogens is 318 g/mol. The molecule has 1 aromatic heterocycles. The van der Waals surface area contributed by atoms with Crippen molar-refractivity contribution in [2.24, 2.45) is 0 Å². The van der Waals surface area contributed by atoms with Crippen LogP contribution in [0.2, 0.25) is 0 Å². The number of para-hydroxylation sites is 2. The lowest BCUT2D eigenvalue weighted by Gasteiger charge is -2.25. The Morgan fingerprint density at radius 2 is 1.88 bits per heavy atom. The number of aromatic amines is 1. The molecule has 1 amide bonds. The molecule has 0 radical (unpaired) electrons. The first-order chi connectivity index (χ1) is 12.3. The third-order valence-corrected chi connectivity index (χ3v) is 3.94. The van der Waals surface area contributed by atoms with Crippen LogP contribution in [-0.2, 0) is 11.3 Å². The Kier molecular flexibility index (Phi) is 4.08. The fourth-order valence-electron chi connectivity index (χ4n) is 2.65. The molecule has 1 unspecified atom stereocenters. The maximum Gasteiger partial charge on any atom is 0.265 e. The molecule has 0 saturated carbocycles. The van der Waals surface area contributed by atoms with Gasteiger partial charge >= 0.3 is 0 Å². The van der Waals surface area contributed by atoms with Gasteiger partial charge in [0.25, 0.3) is 5.91 Å². The molecule has 6 heteroatoms. The van der Waals surface area contributed by atoms with Crippen LogP contribution in [0.15, 0.2) is 60.8 Å². The van der Waals surface area contributed by atoms with E-state index in [-0.39, 0.29) is 12.5 Å². The summed E-state index contributed by atoms with van der Waals surface area (Å²) in [5, 5.41) is 2.83. The van der Waals surface area contributed by atoms with Gasteiger partial charge in [-0.05, 0) is 17.7 Å². The first kappa shape index (κ1) is 15.3. The van der Waals surface area contributed by atoms with Crippen LogP contribution in [0.25, 0.3) is 11.3 Å². The summed E-state index contributed by atoms with van der Waals surface area (Å²) in [6.45, 7) is 0.490. The number of imidazole rings is 1. The van der Waals surface area contributed by atoms with E-state index in [4.69, 9.17) is 9.47 Å². The number of H-pyrrole nitrogens is 1. The third-order valence-electron chi connectivity index (χ3n) is 3.94. The molecule has 0 bridgehead atoms. The maximum absolute atomic E-state index is 12.3. The molecule has 0 spiro atoms. The van der Waals surface area contributed by atoms with Gasteiger partial charge in [0.05, 0.1) is 18.4 Å². The monoisotopic (exact) mass is 335 g/mol. The van der Waals surface area contributed by atoms with Crippen molar-refractivity contribution < 1.29 is 14.3 Å². The molecule has 3 aromatic rings. The van der Waals surface area contributed by atoms with Crippen molar-refractivity contribution in [3.8, 4) is 22.8 Å². The highest BCUT2D eigenvalue weighted by Gasteiger charge is 2.27. The topological polar surface area (TPSA) is 76.2 Å². The number of aromatic nitrogens is 2. The number of rotatable bonds is 4. The molecule has 0 saturated heterocycles. The van der Waals surface area contributed by atoms with E-state index in [1.807, 2.05) is 48.5 Å². The summed E-state index contributed by atoms with van der Waals surface area (Å²) < 4.78 is 11.3. The van der Waals surface area contributed by atoms with Crippen LogP contribution in [0, 0.1) is 0 Å². The van der Waals surface area contributed by atoms with Crippen molar-refractivity contribution in [1.82, 2.24) is 15.3 Å². The first-order valence-electron chi connectivity index (χ1n) is 8.05. The van der Waals surface area contributed by atoms with E-state index in [0.29, 0.717) is 23.9 Å². The number of benzene rings is 2. The number of hydrogen-bond donors (Lipinski definition) is 2. The van der Waals surface area contributed by atoms with Crippen LogP contribution < -0.4 is 14.8 Å². The Morgan fingerprint density at radius 3 is 2.72 bits per heavy atom. The van der Waals surface area contributed by atoms with Crippen LogP contribution >= 0.6 is 0 Å². The largest absolute Gasteiger partial charge is 0.485 e. The fourth-order valence-corrected chi connectivity index (χ4v) is 2.65. The number of amides is 1. The van der Waals surface area contributed by atoms with Crippen LogP contribution in [0.4, 0.5) is 0 Å². The molecule has 2 aromatic carbocycles. The van der Waals surface area contributed by atoms with E-state index in [2.05, 4.69) is 15.3 Å². The smallest absolute Gasteiger partial charge is 0.265 e. The van der Waals surface area contributed by atoms with Gasteiger partial charge in [0, 0.05) is 0 Å². The van der Waals surface area contributed by atoms with E-state index < -0.39 is 6.10 Å². The van der Waals surface area contributed by atoms with Gasteiger partial charge in [-0.25, -0.2) is 4.98 Å². The average molecular weight is 335 g/mol. The van der Waals surface area contributed by atoms with E-state index >= 15 is 0 Å². The van der Waals surface area contributed by atoms with Crippen LogP contribution in [0.3, 0.4) is 0 Å². The van der Waals surface area contributed by atoms with E-state index in [9.17, 15) is 4.79 Å². The highest BCUT2D eigenvalue weighted by atomic mass is 16.6. The number of carbonyl (C=O) groups is 1. The zero-order valence-electron chi connectivity index (χ0n) is 13.4. The Hall–Kier alpha value is -3.28. The quantitative estimate of drug-likeness (QED) is 0.768. The second-order valence-electron chi connectivity index (χ2n) is 5.69. The lowest BCUT2D eigenvalue weighted by molar-refractivity contribution is -0.130. The normalized spacial score (nSPS) is 15.6. The number of nitrogens with one attached hydrogen (secondary N) is 2. The number of nitrogens with zero attached hydrogens (tertiary/aromatic N) is 1. The molecule has 1 aliphatic rings. The van der Waals surface area contributed by atoms with Gasteiger partial charge in [-0.3, -0.25) is 4.79 Å². The Bertz CT molecular complexity index is 876. The molecule has 25 heavy (non-hydrogen) atoms. The summed E-state index contributed by atoms with van der Waals surface area (Å²) in [7, 11) is 0. The molecule has 6 nitrogen and oxygen atoms in total. The minimum absolute atomic E-state index is 0.191. The van der Waals surface area contributed by atoms with Gasteiger partial charge < -0.3 is 19.8 Å². The van der Waals surface area contributed by atoms with E-state index in [0.717, 1.165) is 11.3 Å². The highest BCUT2D eigenvalue weighted by Crippen LogP contribution is 2.30. The number of carbonyl (C=O) groups excluding carboxylic acids is 1. The SMILES string of the molecule is O=C(NCc1ncc(-c2ccccc2)[nH]1)C1COc2ccccc2O1. The minimum atomic E-state index is -0.668. The molecule has 126 valence electrons. The average Bonchev–Trinajstić information content (AvgIpc) is 3.15. The molecule has 1 aliphatic heterocycles. The lowest BCUT2D eigenvalue weighted by atomic mass is 10.2. The third kappa shape index (κ3) is 3.33. The molecule has 2 heterocycles. The predicted molar refractivity (Wildman–Crippen MR) is 92.2 cm³/mol. The second-order valence-corrected chi connectivity index (χ2v) is 5.69. The molecule has 4 rings (SSSR count). The summed E-state index contributed by atoms with van der Waals surface area (Å²) in [6, 6.07) is 17.2. The van der Waals surface area contributed by atoms with Crippen molar-refractivity contribution in [3.63, 3.8) is 0 Å². The van der Waals surface area contributed by atoms with Crippen molar-refractivity contribution >= 4 is 5.91 Å². The minimum Gasteiger partial charge on any atom is -0.485 e. The van der Waals surface area contributed by atoms with Gasteiger partial charge in [0.15, 0.2) is 11.5 Å². The van der Waals surface area contributed by atoms with Crippen LogP contribution in [0.5, 0.6) is 11.5 Å². The van der Waals surface area contributed by atoms with E-state index in [1.54, 1.807) is 12.3 Å². The van der Waals surface area contributed by atoms with Gasteiger partial charge in [-0.2, -0.15) is 0 Å². The van der Waals surface area contributed by atoms with Crippen molar-refractivity contribution in [2.75, 3.05) is 6.61 Å². The van der Waals surface area contributed by atoms with Crippen molar-refractivity contribution in [1.29, 1.82) is 0 Å². The fraction of sp³-hybridized carbons (Fsp3) is 0.158. The second kappa shape index (κ2) is 6.68. The summed E-state index contributed by atoms with van der Waals surface area (Å²) in [6.07, 6.45) is 1.09. The van der Waals surface area contributed by atoms with Crippen molar-refractivity contribution in [3.05, 3.63) is 66.6 Å². The summed E-state index contributed by atoms with van der Waals surface area (Å²) in [5.74, 6) is 1.69. The summed E-state index contributed by atoms with van der Waals surface area (Å²) >= 11 is 0. The molecule has 2 N–H and O–H groups in total. The molecule has 0 fully saturated rings. The van der Waals surface area contributed by atoms with Gasteiger partial charge in [-0.1, -0.05) is 42.5 Å². The Balaban J connectivity index is 1.36. The Morgan fingerprint density at radius 1 is 1.12 bits per heavy atom. The number of ether oxygens (including phenoxy) is 2. The predicted octanol–water partition coefficient (Wildman–Crippen LogP) is 2.53. The van der Waals surface area contributed by atoms with Gasteiger partial charge in [0.1, 0.15) is 12.4 Å². The van der Waals surface area contributed by atoms with Crippen LogP contribution in [0.1, 0.15) is 5.82 Å². The highest BCUT2D eigenvalue weighted by molar-refractivity contribution is 5.81. The molecule has 0 aliphatic carbocycles. The van der Waals surface area contributed by atoms with Crippen molar-refractivity contribution in [2.45, 2.75) is 12.6 Å². The maximum atomic E-state index is 12.3. The first-order valence-corrected chi connectivity index (χ1v) is 8.05. The lowest BCUT2D eigenvalue weighted by Crippen LogP contribution is -2.43. The van der Waals surface area contributed by atoms with E-state index in [1.165, 1.54) is 0 Å². The number of hydrogen-bond acceptors (Lipinski definition) is 4. The zero-order chi connectivity index (χ0) is 17.1. The van der Waals surface area contributed by atoms with Gasteiger partial charge in [0.2, 0.25) is 6.10 Å². The standard InChI is InChI=1S/C19H17N3O3/c23-19(17-12-24-15-8-4-5-9-16(15)25-17)21-11-18-20-10-14(22-18)13-6-2-1-3-7-13/h1-10,17H,11-12H2,(H,20,22)(H,21,23). The number of fused-ring (bicyclic) bond motifs is 1.